The van der Waals surface area contributed by atoms with Gasteiger partial charge in [0, 0.05) is 36.4 Å². The van der Waals surface area contributed by atoms with E-state index in [0.717, 1.165) is 30.7 Å². The van der Waals surface area contributed by atoms with Gasteiger partial charge in [-0.25, -0.2) is 9.37 Å². The molecule has 4 rings (SSSR count). The molecule has 0 saturated heterocycles. The van der Waals surface area contributed by atoms with Gasteiger partial charge in [0.2, 0.25) is 0 Å². The Balaban J connectivity index is 1.87. The lowest BCUT2D eigenvalue weighted by molar-refractivity contribution is 0.0995. The first-order chi connectivity index (χ1) is 10.6. The van der Waals surface area contributed by atoms with E-state index in [9.17, 15) is 9.18 Å². The van der Waals surface area contributed by atoms with Crippen LogP contribution < -0.4 is 5.73 Å². The number of fused-ring (bicyclic) bond motifs is 3. The van der Waals surface area contributed by atoms with Gasteiger partial charge in [-0.2, -0.15) is 0 Å². The molecule has 110 valence electrons. The molecule has 2 N–H and O–H groups in total. The average molecular weight is 296 g/mol. The number of carbonyl (C=O) groups is 1. The maximum absolute atomic E-state index is 14.4. The maximum atomic E-state index is 14.4. The first-order valence-electron chi connectivity index (χ1n) is 7.08. The monoisotopic (exact) mass is 296 g/mol. The molecule has 3 aromatic rings. The van der Waals surface area contributed by atoms with Crippen molar-refractivity contribution in [3.05, 3.63) is 47.8 Å². The minimum Gasteiger partial charge on any atom is -0.364 e. The van der Waals surface area contributed by atoms with Crippen LogP contribution in [0.1, 0.15) is 22.7 Å². The number of aryl methyl sites for hydroxylation is 2. The number of hydrogen-bond donors (Lipinski definition) is 1. The second-order valence-electron chi connectivity index (χ2n) is 5.40. The van der Waals surface area contributed by atoms with E-state index in [-0.39, 0.29) is 11.5 Å². The summed E-state index contributed by atoms with van der Waals surface area (Å²) in [7, 11) is 0. The van der Waals surface area contributed by atoms with Crippen LogP contribution in [0.5, 0.6) is 0 Å². The smallest absolute Gasteiger partial charge is 0.267 e. The highest BCUT2D eigenvalue weighted by Crippen LogP contribution is 2.30. The van der Waals surface area contributed by atoms with Crippen molar-refractivity contribution in [2.45, 2.75) is 19.4 Å². The Hall–Kier alpha value is -2.76. The molecular formula is C16H13FN4O. The number of halogens is 1. The molecule has 2 aromatic heterocycles. The van der Waals surface area contributed by atoms with Crippen LogP contribution in [-0.4, -0.2) is 20.4 Å². The molecule has 0 bridgehead atoms. The third-order valence-corrected chi connectivity index (χ3v) is 4.03. The number of nitrogens with two attached hydrogens (primary N) is 1. The van der Waals surface area contributed by atoms with Crippen molar-refractivity contribution in [1.82, 2.24) is 14.5 Å². The topological polar surface area (TPSA) is 73.8 Å². The summed E-state index contributed by atoms with van der Waals surface area (Å²) < 4.78 is 16.5. The zero-order valence-corrected chi connectivity index (χ0v) is 11.7. The summed E-state index contributed by atoms with van der Waals surface area (Å²) >= 11 is 0. The van der Waals surface area contributed by atoms with Gasteiger partial charge in [0.15, 0.2) is 0 Å². The van der Waals surface area contributed by atoms with Gasteiger partial charge in [-0.3, -0.25) is 9.78 Å². The van der Waals surface area contributed by atoms with Crippen molar-refractivity contribution in [2.24, 2.45) is 5.73 Å². The van der Waals surface area contributed by atoms with E-state index in [1.165, 1.54) is 18.3 Å². The molecule has 1 aliphatic heterocycles. The Morgan fingerprint density at radius 2 is 2.18 bits per heavy atom. The Morgan fingerprint density at radius 1 is 1.32 bits per heavy atom. The molecule has 1 amide bonds. The van der Waals surface area contributed by atoms with Crippen molar-refractivity contribution >= 4 is 16.9 Å². The highest BCUT2D eigenvalue weighted by molar-refractivity contribution is 5.91. The first-order valence-corrected chi connectivity index (χ1v) is 7.08. The number of primary amides is 1. The predicted octanol–water partition coefficient (Wildman–Crippen LogP) is 2.28. The molecule has 1 aliphatic rings. The number of nitrogens with zero attached hydrogens (tertiary/aromatic N) is 3. The Kier molecular flexibility index (Phi) is 2.72. The third-order valence-electron chi connectivity index (χ3n) is 4.03. The minimum atomic E-state index is -0.601. The van der Waals surface area contributed by atoms with Crippen LogP contribution >= 0.6 is 0 Å². The highest BCUT2D eigenvalue weighted by atomic mass is 19.1. The number of hydrogen-bond acceptors (Lipinski definition) is 3. The molecule has 0 unspecified atom stereocenters. The van der Waals surface area contributed by atoms with Crippen molar-refractivity contribution in [3.63, 3.8) is 0 Å². The summed E-state index contributed by atoms with van der Waals surface area (Å²) in [6, 6.07) is 6.41. The second-order valence-corrected chi connectivity index (χ2v) is 5.40. The molecule has 5 nitrogen and oxygen atoms in total. The summed E-state index contributed by atoms with van der Waals surface area (Å²) in [6.45, 7) is 0.912. The van der Waals surface area contributed by atoms with Gasteiger partial charge in [0.25, 0.3) is 5.91 Å². The van der Waals surface area contributed by atoms with E-state index in [2.05, 4.69) is 14.5 Å². The zero-order chi connectivity index (χ0) is 15.3. The van der Waals surface area contributed by atoms with E-state index in [4.69, 9.17) is 5.73 Å². The number of rotatable bonds is 2. The van der Waals surface area contributed by atoms with Crippen LogP contribution in [0.25, 0.3) is 22.2 Å². The lowest BCUT2D eigenvalue weighted by Gasteiger charge is -2.06. The highest BCUT2D eigenvalue weighted by Gasteiger charge is 2.18. The van der Waals surface area contributed by atoms with E-state index in [1.54, 1.807) is 12.1 Å². The van der Waals surface area contributed by atoms with Gasteiger partial charge in [0.1, 0.15) is 17.3 Å². The normalized spacial score (nSPS) is 13.5. The number of amides is 1. The van der Waals surface area contributed by atoms with Gasteiger partial charge in [-0.15, -0.1) is 0 Å². The maximum Gasteiger partial charge on any atom is 0.267 e. The molecule has 0 saturated carbocycles. The van der Waals surface area contributed by atoms with Gasteiger partial charge in [-0.1, -0.05) is 6.07 Å². The fourth-order valence-electron chi connectivity index (χ4n) is 2.95. The number of pyridine rings is 1. The summed E-state index contributed by atoms with van der Waals surface area (Å²) in [4.78, 5) is 19.5. The molecule has 0 fully saturated rings. The predicted molar refractivity (Wildman–Crippen MR) is 79.8 cm³/mol. The molecule has 1 aromatic carbocycles. The standard InChI is InChI=1S/C16H13FN4O/c17-11-7-13-14(21-5-1-2-15(21)20-13)6-10(11)9-3-4-12(16(18)22)19-8-9/h3-4,6-8H,1-2,5H2,(H2,18,22). The van der Waals surface area contributed by atoms with E-state index in [1.807, 2.05) is 0 Å². The summed E-state index contributed by atoms with van der Waals surface area (Å²) in [5.74, 6) is 0.0581. The van der Waals surface area contributed by atoms with E-state index < -0.39 is 5.91 Å². The summed E-state index contributed by atoms with van der Waals surface area (Å²) in [6.07, 6.45) is 3.46. The summed E-state index contributed by atoms with van der Waals surface area (Å²) in [5, 5.41) is 0. The van der Waals surface area contributed by atoms with Crippen LogP contribution in [0, 0.1) is 5.82 Å². The van der Waals surface area contributed by atoms with Crippen LogP contribution in [0.4, 0.5) is 4.39 Å². The average Bonchev–Trinajstić information content (AvgIpc) is 3.07. The molecule has 0 atom stereocenters. The van der Waals surface area contributed by atoms with Crippen LogP contribution in [0.3, 0.4) is 0 Å². The lowest BCUT2D eigenvalue weighted by atomic mass is 10.1. The molecule has 22 heavy (non-hydrogen) atoms. The van der Waals surface area contributed by atoms with Gasteiger partial charge < -0.3 is 10.3 Å². The Labute approximate surface area is 125 Å². The van der Waals surface area contributed by atoms with Crippen molar-refractivity contribution in [2.75, 3.05) is 0 Å². The summed E-state index contributed by atoms with van der Waals surface area (Å²) in [5.41, 5.74) is 8.00. The van der Waals surface area contributed by atoms with Crippen LogP contribution in [-0.2, 0) is 13.0 Å². The Bertz CT molecular complexity index is 899. The Morgan fingerprint density at radius 3 is 2.91 bits per heavy atom. The number of aromatic nitrogens is 3. The number of imidazole rings is 1. The SMILES string of the molecule is NC(=O)c1ccc(-c2cc3c(cc2F)nc2n3CCC2)cn1. The minimum absolute atomic E-state index is 0.162. The van der Waals surface area contributed by atoms with Crippen molar-refractivity contribution < 1.29 is 9.18 Å². The van der Waals surface area contributed by atoms with Gasteiger partial charge in [0.05, 0.1) is 11.0 Å². The van der Waals surface area contributed by atoms with Crippen LogP contribution in [0.2, 0.25) is 0 Å². The molecular weight excluding hydrogens is 283 g/mol. The quantitative estimate of drug-likeness (QED) is 0.788. The second kappa shape index (κ2) is 4.62. The lowest BCUT2D eigenvalue weighted by Crippen LogP contribution is -2.12. The van der Waals surface area contributed by atoms with Crippen molar-refractivity contribution in [1.29, 1.82) is 0 Å². The molecule has 0 radical (unpaired) electrons. The van der Waals surface area contributed by atoms with Gasteiger partial charge in [-0.05, 0) is 18.6 Å². The largest absolute Gasteiger partial charge is 0.364 e. The van der Waals surface area contributed by atoms with E-state index in [0.29, 0.717) is 16.6 Å². The molecule has 6 heteroatoms. The third kappa shape index (κ3) is 1.88. The number of carbonyl (C=O) groups excluding carboxylic acids is 1. The molecule has 3 heterocycles. The van der Waals surface area contributed by atoms with Crippen molar-refractivity contribution in [3.8, 4) is 11.1 Å². The fraction of sp³-hybridized carbons (Fsp3) is 0.188. The molecule has 0 spiro atoms. The fourth-order valence-corrected chi connectivity index (χ4v) is 2.95. The number of benzene rings is 1. The zero-order valence-electron chi connectivity index (χ0n) is 11.7. The first kappa shape index (κ1) is 12.9. The van der Waals surface area contributed by atoms with Crippen LogP contribution in [0.15, 0.2) is 30.5 Å². The van der Waals surface area contributed by atoms with Gasteiger partial charge >= 0.3 is 0 Å². The van der Waals surface area contributed by atoms with E-state index >= 15 is 0 Å². The molecule has 0 aliphatic carbocycles.